The van der Waals surface area contributed by atoms with Gasteiger partial charge in [0.25, 0.3) is 0 Å². The van der Waals surface area contributed by atoms with Crippen LogP contribution in [-0.2, 0) is 0 Å². The number of ether oxygens (including phenoxy) is 2. The summed E-state index contributed by atoms with van der Waals surface area (Å²) in [5.74, 6) is 1.35. The molecular weight excluding hydrogens is 156 g/mol. The Hall–Kier alpha value is -1.22. The zero-order valence-corrected chi connectivity index (χ0v) is 6.99. The van der Waals surface area contributed by atoms with Crippen LogP contribution in [-0.4, -0.2) is 25.4 Å². The van der Waals surface area contributed by atoms with E-state index in [0.717, 1.165) is 0 Å². The highest BCUT2D eigenvalue weighted by Crippen LogP contribution is 2.25. The van der Waals surface area contributed by atoms with E-state index in [2.05, 4.69) is 0 Å². The van der Waals surface area contributed by atoms with Gasteiger partial charge in [-0.3, -0.25) is 0 Å². The van der Waals surface area contributed by atoms with Gasteiger partial charge < -0.3 is 14.6 Å². The molecule has 0 bridgehead atoms. The van der Waals surface area contributed by atoms with Gasteiger partial charge in [-0.1, -0.05) is 12.1 Å². The van der Waals surface area contributed by atoms with Crippen molar-refractivity contribution in [3.8, 4) is 11.5 Å². The van der Waals surface area contributed by atoms with Gasteiger partial charge >= 0.3 is 0 Å². The smallest absolute Gasteiger partial charge is 0.161 e. The molecule has 12 heavy (non-hydrogen) atoms. The summed E-state index contributed by atoms with van der Waals surface area (Å²) in [4.78, 5) is 0. The van der Waals surface area contributed by atoms with Crippen LogP contribution in [0, 0.1) is 0 Å². The van der Waals surface area contributed by atoms with E-state index in [9.17, 15) is 0 Å². The second kappa shape index (κ2) is 4.62. The van der Waals surface area contributed by atoms with Crippen LogP contribution in [0.4, 0.5) is 0 Å². The zero-order chi connectivity index (χ0) is 8.81. The number of aliphatic hydroxyl groups is 1. The third-order valence-corrected chi connectivity index (χ3v) is 1.42. The largest absolute Gasteiger partial charge is 0.493 e. The maximum Gasteiger partial charge on any atom is 0.161 e. The predicted octanol–water partition coefficient (Wildman–Crippen LogP) is 1.07. The first kappa shape index (κ1) is 8.87. The third-order valence-electron chi connectivity index (χ3n) is 1.42. The lowest BCUT2D eigenvalue weighted by atomic mass is 10.3. The van der Waals surface area contributed by atoms with Crippen molar-refractivity contribution in [2.24, 2.45) is 0 Å². The third kappa shape index (κ3) is 2.13. The van der Waals surface area contributed by atoms with Crippen LogP contribution in [0.1, 0.15) is 0 Å². The predicted molar refractivity (Wildman–Crippen MR) is 45.6 cm³/mol. The summed E-state index contributed by atoms with van der Waals surface area (Å²) in [7, 11) is 1.58. The Morgan fingerprint density at radius 1 is 1.25 bits per heavy atom. The molecule has 0 saturated carbocycles. The average Bonchev–Trinajstić information content (AvgIpc) is 2.15. The van der Waals surface area contributed by atoms with Crippen LogP contribution in [0.3, 0.4) is 0 Å². The molecule has 0 aliphatic heterocycles. The number of methoxy groups -OCH3 is 1. The molecule has 3 heteroatoms. The summed E-state index contributed by atoms with van der Waals surface area (Å²) in [5, 5.41) is 8.53. The van der Waals surface area contributed by atoms with E-state index in [1.807, 2.05) is 18.2 Å². The van der Waals surface area contributed by atoms with Crippen molar-refractivity contribution in [2.45, 2.75) is 0 Å². The minimum Gasteiger partial charge on any atom is -0.493 e. The Labute approximate surface area is 71.5 Å². The average molecular weight is 168 g/mol. The summed E-state index contributed by atoms with van der Waals surface area (Å²) in [6, 6.07) is 7.33. The zero-order valence-electron chi connectivity index (χ0n) is 6.99. The monoisotopic (exact) mass is 168 g/mol. The first-order chi connectivity index (χ1) is 5.88. The molecule has 0 heterocycles. The van der Waals surface area contributed by atoms with Gasteiger partial charge in [0.15, 0.2) is 11.5 Å². The molecule has 0 radical (unpaired) electrons. The minimum atomic E-state index is 0.0120. The molecule has 1 aromatic rings. The molecular formula is C9H12O3. The molecule has 0 aliphatic carbocycles. The van der Waals surface area contributed by atoms with Crippen molar-refractivity contribution in [2.75, 3.05) is 20.3 Å². The molecule has 0 spiro atoms. The van der Waals surface area contributed by atoms with Gasteiger partial charge in [-0.05, 0) is 12.1 Å². The number of para-hydroxylation sites is 2. The first-order valence-electron chi connectivity index (χ1n) is 3.75. The van der Waals surface area contributed by atoms with Crippen LogP contribution >= 0.6 is 0 Å². The molecule has 0 fully saturated rings. The fraction of sp³-hybridized carbons (Fsp3) is 0.333. The van der Waals surface area contributed by atoms with Crippen LogP contribution in [0.15, 0.2) is 24.3 Å². The van der Waals surface area contributed by atoms with Crippen LogP contribution in [0.5, 0.6) is 11.5 Å². The SMILES string of the molecule is COc1ccccc1OCCO. The van der Waals surface area contributed by atoms with E-state index in [4.69, 9.17) is 14.6 Å². The lowest BCUT2D eigenvalue weighted by Crippen LogP contribution is -2.02. The minimum absolute atomic E-state index is 0.0120. The van der Waals surface area contributed by atoms with Gasteiger partial charge in [-0.15, -0.1) is 0 Å². The molecule has 66 valence electrons. The highest BCUT2D eigenvalue weighted by Gasteiger charge is 2.00. The molecule has 0 unspecified atom stereocenters. The molecule has 0 saturated heterocycles. The molecule has 1 rings (SSSR count). The maximum atomic E-state index is 8.53. The summed E-state index contributed by atoms with van der Waals surface area (Å²) < 4.78 is 10.2. The lowest BCUT2D eigenvalue weighted by molar-refractivity contribution is 0.196. The molecule has 0 aliphatic rings. The fourth-order valence-electron chi connectivity index (χ4n) is 0.894. The number of hydrogen-bond donors (Lipinski definition) is 1. The Balaban J connectivity index is 2.68. The summed E-state index contributed by atoms with van der Waals surface area (Å²) in [6.45, 7) is 0.304. The molecule has 1 N–H and O–H groups in total. The number of benzene rings is 1. The van der Waals surface area contributed by atoms with E-state index in [1.165, 1.54) is 0 Å². The van der Waals surface area contributed by atoms with E-state index in [1.54, 1.807) is 13.2 Å². The van der Waals surface area contributed by atoms with Crippen molar-refractivity contribution in [3.63, 3.8) is 0 Å². The van der Waals surface area contributed by atoms with E-state index in [-0.39, 0.29) is 6.61 Å². The standard InChI is InChI=1S/C9H12O3/c1-11-8-4-2-3-5-9(8)12-7-6-10/h2-5,10H,6-7H2,1H3. The maximum absolute atomic E-state index is 8.53. The molecule has 0 atom stereocenters. The van der Waals surface area contributed by atoms with Gasteiger partial charge in [-0.2, -0.15) is 0 Å². The summed E-state index contributed by atoms with van der Waals surface area (Å²) in [5.41, 5.74) is 0. The number of rotatable bonds is 4. The van der Waals surface area contributed by atoms with E-state index < -0.39 is 0 Å². The molecule has 3 nitrogen and oxygen atoms in total. The van der Waals surface area contributed by atoms with Crippen molar-refractivity contribution in [3.05, 3.63) is 24.3 Å². The molecule has 1 aromatic carbocycles. The van der Waals surface area contributed by atoms with Gasteiger partial charge in [-0.25, -0.2) is 0 Å². The van der Waals surface area contributed by atoms with Gasteiger partial charge in [0, 0.05) is 0 Å². The van der Waals surface area contributed by atoms with Gasteiger partial charge in [0.1, 0.15) is 6.61 Å². The Bertz CT molecular complexity index is 235. The quantitative estimate of drug-likeness (QED) is 0.730. The second-order valence-electron chi connectivity index (χ2n) is 2.22. The topological polar surface area (TPSA) is 38.7 Å². The Morgan fingerprint density at radius 3 is 2.50 bits per heavy atom. The van der Waals surface area contributed by atoms with Crippen molar-refractivity contribution < 1.29 is 14.6 Å². The van der Waals surface area contributed by atoms with Gasteiger partial charge in [0.2, 0.25) is 0 Å². The Kier molecular flexibility index (Phi) is 3.41. The fourth-order valence-corrected chi connectivity index (χ4v) is 0.894. The van der Waals surface area contributed by atoms with E-state index in [0.29, 0.717) is 18.1 Å². The lowest BCUT2D eigenvalue weighted by Gasteiger charge is -2.08. The van der Waals surface area contributed by atoms with Crippen LogP contribution in [0.2, 0.25) is 0 Å². The number of hydrogen-bond acceptors (Lipinski definition) is 3. The molecule has 0 amide bonds. The van der Waals surface area contributed by atoms with Crippen LogP contribution in [0.25, 0.3) is 0 Å². The number of aliphatic hydroxyl groups excluding tert-OH is 1. The summed E-state index contributed by atoms with van der Waals surface area (Å²) in [6.07, 6.45) is 0. The Morgan fingerprint density at radius 2 is 1.92 bits per heavy atom. The highest BCUT2D eigenvalue weighted by atomic mass is 16.5. The van der Waals surface area contributed by atoms with Crippen molar-refractivity contribution in [1.29, 1.82) is 0 Å². The van der Waals surface area contributed by atoms with E-state index >= 15 is 0 Å². The highest BCUT2D eigenvalue weighted by molar-refractivity contribution is 5.39. The van der Waals surface area contributed by atoms with Gasteiger partial charge in [0.05, 0.1) is 13.7 Å². The first-order valence-corrected chi connectivity index (χ1v) is 3.75. The van der Waals surface area contributed by atoms with Crippen molar-refractivity contribution >= 4 is 0 Å². The normalized spacial score (nSPS) is 9.50. The summed E-state index contributed by atoms with van der Waals surface area (Å²) >= 11 is 0. The van der Waals surface area contributed by atoms with Crippen molar-refractivity contribution in [1.82, 2.24) is 0 Å². The molecule has 0 aromatic heterocycles. The second-order valence-corrected chi connectivity index (χ2v) is 2.22. The van der Waals surface area contributed by atoms with Crippen LogP contribution < -0.4 is 9.47 Å².